The number of nitro groups is 1. The van der Waals surface area contributed by atoms with Crippen LogP contribution in [0.1, 0.15) is 19.4 Å². The lowest BCUT2D eigenvalue weighted by molar-refractivity contribution is -0.384. The summed E-state index contributed by atoms with van der Waals surface area (Å²) in [7, 11) is 0. The normalized spacial score (nSPS) is 10.9. The van der Waals surface area contributed by atoms with Gasteiger partial charge >= 0.3 is 0 Å². The van der Waals surface area contributed by atoms with Gasteiger partial charge in [0.2, 0.25) is 0 Å². The van der Waals surface area contributed by atoms with Gasteiger partial charge in [0.15, 0.2) is 5.76 Å². The molecule has 0 saturated carbocycles. The van der Waals surface area contributed by atoms with Crippen molar-refractivity contribution in [1.82, 2.24) is 10.5 Å². The highest BCUT2D eigenvalue weighted by atomic mass is 16.6. The van der Waals surface area contributed by atoms with Crippen molar-refractivity contribution in [3.8, 4) is 11.3 Å². The lowest BCUT2D eigenvalue weighted by atomic mass is 10.1. The van der Waals surface area contributed by atoms with Crippen LogP contribution in [0.4, 0.5) is 5.69 Å². The molecule has 1 N–H and O–H groups in total. The number of rotatable bonds is 5. The lowest BCUT2D eigenvalue weighted by Crippen LogP contribution is -2.21. The molecule has 6 nitrogen and oxygen atoms in total. The van der Waals surface area contributed by atoms with Crippen LogP contribution in [0.5, 0.6) is 0 Å². The van der Waals surface area contributed by atoms with Crippen LogP contribution < -0.4 is 5.32 Å². The van der Waals surface area contributed by atoms with Gasteiger partial charge in [0, 0.05) is 35.8 Å². The largest absolute Gasteiger partial charge is 0.356 e. The molecular weight excluding hydrogens is 246 g/mol. The van der Waals surface area contributed by atoms with Crippen LogP contribution in [0, 0.1) is 10.1 Å². The van der Waals surface area contributed by atoms with Crippen LogP contribution in [0.15, 0.2) is 35.0 Å². The summed E-state index contributed by atoms with van der Waals surface area (Å²) < 4.78 is 5.21. The molecule has 0 saturated heterocycles. The fourth-order valence-corrected chi connectivity index (χ4v) is 1.70. The van der Waals surface area contributed by atoms with Gasteiger partial charge in [0.25, 0.3) is 5.69 Å². The molecule has 1 aromatic carbocycles. The van der Waals surface area contributed by atoms with Crippen molar-refractivity contribution in [1.29, 1.82) is 0 Å². The van der Waals surface area contributed by atoms with E-state index in [1.807, 2.05) is 13.8 Å². The molecular formula is C13H15N3O3. The molecule has 0 aliphatic carbocycles. The number of aromatic nitrogens is 1. The highest BCUT2D eigenvalue weighted by Gasteiger charge is 2.14. The highest BCUT2D eigenvalue weighted by molar-refractivity contribution is 5.63. The predicted octanol–water partition coefficient (Wildman–Crippen LogP) is 2.75. The van der Waals surface area contributed by atoms with E-state index in [0.29, 0.717) is 23.9 Å². The topological polar surface area (TPSA) is 81.2 Å². The summed E-state index contributed by atoms with van der Waals surface area (Å²) in [5, 5.41) is 17.8. The average molecular weight is 261 g/mol. The summed E-state index contributed by atoms with van der Waals surface area (Å²) in [6, 6.07) is 6.68. The molecule has 0 spiro atoms. The molecule has 0 fully saturated rings. The van der Waals surface area contributed by atoms with E-state index < -0.39 is 4.92 Å². The van der Waals surface area contributed by atoms with Gasteiger partial charge in [-0.2, -0.15) is 0 Å². The molecule has 19 heavy (non-hydrogen) atoms. The predicted molar refractivity (Wildman–Crippen MR) is 70.6 cm³/mol. The van der Waals surface area contributed by atoms with E-state index in [-0.39, 0.29) is 5.69 Å². The van der Waals surface area contributed by atoms with Crippen molar-refractivity contribution in [3.05, 3.63) is 46.1 Å². The van der Waals surface area contributed by atoms with E-state index in [1.165, 1.54) is 12.1 Å². The van der Waals surface area contributed by atoms with Gasteiger partial charge in [-0.15, -0.1) is 0 Å². The fourth-order valence-electron chi connectivity index (χ4n) is 1.70. The Morgan fingerprint density at radius 2 is 2.26 bits per heavy atom. The number of hydrogen-bond acceptors (Lipinski definition) is 5. The van der Waals surface area contributed by atoms with Gasteiger partial charge < -0.3 is 9.84 Å². The molecule has 100 valence electrons. The Morgan fingerprint density at radius 3 is 2.95 bits per heavy atom. The maximum atomic E-state index is 10.8. The third kappa shape index (κ3) is 3.17. The molecule has 0 unspecified atom stereocenters. The summed E-state index contributed by atoms with van der Waals surface area (Å²) in [6.45, 7) is 4.69. The fraction of sp³-hybridized carbons (Fsp3) is 0.308. The second-order valence-electron chi connectivity index (χ2n) is 4.52. The van der Waals surface area contributed by atoms with Crippen LogP contribution in [0.2, 0.25) is 0 Å². The van der Waals surface area contributed by atoms with Crippen LogP contribution in [-0.4, -0.2) is 16.1 Å². The Hall–Kier alpha value is -2.21. The number of non-ortho nitro benzene ring substituents is 1. The van der Waals surface area contributed by atoms with Gasteiger partial charge in [0.1, 0.15) is 0 Å². The number of nitrogens with one attached hydrogen (secondary N) is 1. The molecule has 0 atom stereocenters. The number of hydrogen-bond donors (Lipinski definition) is 1. The van der Waals surface area contributed by atoms with Gasteiger partial charge in [-0.3, -0.25) is 10.1 Å². The van der Waals surface area contributed by atoms with E-state index in [9.17, 15) is 10.1 Å². The second kappa shape index (κ2) is 5.62. The Kier molecular flexibility index (Phi) is 3.91. The quantitative estimate of drug-likeness (QED) is 0.661. The molecule has 1 aromatic heterocycles. The van der Waals surface area contributed by atoms with Gasteiger partial charge in [-0.1, -0.05) is 31.1 Å². The van der Waals surface area contributed by atoms with Crippen LogP contribution in [0.3, 0.4) is 0 Å². The minimum Gasteiger partial charge on any atom is -0.356 e. The first-order chi connectivity index (χ1) is 9.08. The number of benzene rings is 1. The summed E-state index contributed by atoms with van der Waals surface area (Å²) in [5.74, 6) is 0.567. The first-order valence-corrected chi connectivity index (χ1v) is 5.99. The Morgan fingerprint density at radius 1 is 1.47 bits per heavy atom. The van der Waals surface area contributed by atoms with Crippen molar-refractivity contribution >= 4 is 5.69 Å². The third-order valence-electron chi connectivity index (χ3n) is 2.66. The summed E-state index contributed by atoms with van der Waals surface area (Å²) >= 11 is 0. The summed E-state index contributed by atoms with van der Waals surface area (Å²) in [5.41, 5.74) is 1.58. The van der Waals surface area contributed by atoms with E-state index in [1.54, 1.807) is 18.3 Å². The molecule has 0 amide bonds. The Labute approximate surface area is 110 Å². The second-order valence-corrected chi connectivity index (χ2v) is 4.52. The first-order valence-electron chi connectivity index (χ1n) is 5.99. The smallest absolute Gasteiger partial charge is 0.270 e. The van der Waals surface area contributed by atoms with Crippen LogP contribution in [0.25, 0.3) is 11.3 Å². The van der Waals surface area contributed by atoms with Crippen molar-refractivity contribution in [3.63, 3.8) is 0 Å². The first kappa shape index (κ1) is 13.2. The maximum absolute atomic E-state index is 10.8. The molecule has 0 aliphatic heterocycles. The Bertz CT molecular complexity index is 578. The minimum atomic E-state index is -0.425. The van der Waals surface area contributed by atoms with Gasteiger partial charge in [-0.05, 0) is 0 Å². The van der Waals surface area contributed by atoms with E-state index in [2.05, 4.69) is 10.5 Å². The minimum absolute atomic E-state index is 0.0386. The highest BCUT2D eigenvalue weighted by Crippen LogP contribution is 2.26. The number of nitrogens with zero attached hydrogens (tertiary/aromatic N) is 2. The van der Waals surface area contributed by atoms with E-state index in [0.717, 1.165) is 5.56 Å². The van der Waals surface area contributed by atoms with Gasteiger partial charge in [0.05, 0.1) is 11.1 Å². The third-order valence-corrected chi connectivity index (χ3v) is 2.66. The molecule has 0 bridgehead atoms. The zero-order chi connectivity index (χ0) is 13.8. The summed E-state index contributed by atoms with van der Waals surface area (Å²) in [4.78, 5) is 10.3. The monoisotopic (exact) mass is 261 g/mol. The molecule has 2 rings (SSSR count). The number of nitro benzene ring substituents is 1. The zero-order valence-corrected chi connectivity index (χ0v) is 10.8. The SMILES string of the molecule is CC(C)NCc1cnoc1-c1cccc([N+](=O)[O-])c1. The summed E-state index contributed by atoms with van der Waals surface area (Å²) in [6.07, 6.45) is 1.63. The zero-order valence-electron chi connectivity index (χ0n) is 10.8. The van der Waals surface area contributed by atoms with Crippen LogP contribution >= 0.6 is 0 Å². The molecule has 0 aliphatic rings. The van der Waals surface area contributed by atoms with E-state index >= 15 is 0 Å². The lowest BCUT2D eigenvalue weighted by Gasteiger charge is -2.07. The van der Waals surface area contributed by atoms with Crippen LogP contribution in [-0.2, 0) is 6.54 Å². The van der Waals surface area contributed by atoms with Crippen molar-refractivity contribution < 1.29 is 9.45 Å². The molecule has 1 heterocycles. The maximum Gasteiger partial charge on any atom is 0.270 e. The van der Waals surface area contributed by atoms with Crippen molar-refractivity contribution in [2.24, 2.45) is 0 Å². The molecule has 6 heteroatoms. The average Bonchev–Trinajstić information content (AvgIpc) is 2.84. The van der Waals surface area contributed by atoms with Gasteiger partial charge in [-0.25, -0.2) is 0 Å². The Balaban J connectivity index is 2.29. The van der Waals surface area contributed by atoms with Crippen molar-refractivity contribution in [2.75, 3.05) is 0 Å². The standard InChI is InChI=1S/C13H15N3O3/c1-9(2)14-7-11-8-15-19-13(11)10-4-3-5-12(6-10)16(17)18/h3-6,8-9,14H,7H2,1-2H3. The van der Waals surface area contributed by atoms with E-state index in [4.69, 9.17) is 4.52 Å². The molecule has 2 aromatic rings. The van der Waals surface area contributed by atoms with Crippen molar-refractivity contribution in [2.45, 2.75) is 26.4 Å². The molecule has 0 radical (unpaired) electrons.